The van der Waals surface area contributed by atoms with Crippen molar-refractivity contribution < 1.29 is 14.3 Å². The van der Waals surface area contributed by atoms with E-state index in [1.54, 1.807) is 26.4 Å². The average molecular weight is 263 g/mol. The maximum atomic E-state index is 12.5. The van der Waals surface area contributed by atoms with E-state index < -0.39 is 0 Å². The van der Waals surface area contributed by atoms with Crippen molar-refractivity contribution in [1.82, 2.24) is 4.90 Å². The molecule has 0 saturated carbocycles. The Bertz CT molecular complexity index is 439. The van der Waals surface area contributed by atoms with Crippen LogP contribution in [-0.4, -0.2) is 38.1 Å². The zero-order chi connectivity index (χ0) is 13.8. The third kappa shape index (κ3) is 2.83. The van der Waals surface area contributed by atoms with Gasteiger partial charge in [-0.1, -0.05) is 0 Å². The van der Waals surface area contributed by atoms with Crippen LogP contribution in [0.4, 0.5) is 0 Å². The summed E-state index contributed by atoms with van der Waals surface area (Å²) in [7, 11) is 3.22. The fourth-order valence-corrected chi connectivity index (χ4v) is 2.49. The topological polar surface area (TPSA) is 38.8 Å². The molecule has 0 aromatic heterocycles. The van der Waals surface area contributed by atoms with E-state index in [1.165, 1.54) is 6.42 Å². The first-order valence-electron chi connectivity index (χ1n) is 6.69. The van der Waals surface area contributed by atoms with Crippen LogP contribution in [0.2, 0.25) is 0 Å². The molecule has 19 heavy (non-hydrogen) atoms. The maximum absolute atomic E-state index is 12.5. The number of hydrogen-bond donors (Lipinski definition) is 0. The Labute approximate surface area is 114 Å². The summed E-state index contributed by atoms with van der Waals surface area (Å²) < 4.78 is 10.6. The second kappa shape index (κ2) is 5.95. The Morgan fingerprint density at radius 3 is 2.05 bits per heavy atom. The van der Waals surface area contributed by atoms with E-state index in [4.69, 9.17) is 9.47 Å². The van der Waals surface area contributed by atoms with Gasteiger partial charge in [0.05, 0.1) is 14.2 Å². The van der Waals surface area contributed by atoms with E-state index in [1.807, 2.05) is 11.8 Å². The lowest BCUT2D eigenvalue weighted by molar-refractivity contribution is 0.0723. The molecule has 0 atom stereocenters. The molecule has 1 aliphatic heterocycles. The number of hydrogen-bond acceptors (Lipinski definition) is 3. The molecule has 0 unspecified atom stereocenters. The molecule has 1 aromatic rings. The predicted octanol–water partition coefficient (Wildman–Crippen LogP) is 2.64. The van der Waals surface area contributed by atoms with E-state index in [-0.39, 0.29) is 5.91 Å². The molecule has 0 N–H and O–H groups in total. The fourth-order valence-electron chi connectivity index (χ4n) is 2.49. The molecule has 4 nitrogen and oxygen atoms in total. The highest BCUT2D eigenvalue weighted by Crippen LogP contribution is 2.30. The van der Waals surface area contributed by atoms with Gasteiger partial charge in [0.2, 0.25) is 0 Å². The van der Waals surface area contributed by atoms with Gasteiger partial charge in [0.25, 0.3) is 5.91 Å². The normalized spacial score (nSPS) is 15.2. The van der Waals surface area contributed by atoms with Crippen LogP contribution in [0.1, 0.15) is 35.2 Å². The second-order valence-electron chi connectivity index (χ2n) is 4.86. The Kier molecular flexibility index (Phi) is 4.30. The third-order valence-electron chi connectivity index (χ3n) is 3.64. The van der Waals surface area contributed by atoms with Crippen molar-refractivity contribution in [2.45, 2.75) is 26.2 Å². The van der Waals surface area contributed by atoms with E-state index in [0.717, 1.165) is 31.5 Å². The van der Waals surface area contributed by atoms with Crippen molar-refractivity contribution in [2.24, 2.45) is 0 Å². The number of amides is 1. The van der Waals surface area contributed by atoms with E-state index in [9.17, 15) is 4.79 Å². The molecule has 1 amide bonds. The molecule has 0 spiro atoms. The number of methoxy groups -OCH3 is 2. The second-order valence-corrected chi connectivity index (χ2v) is 4.86. The number of likely N-dealkylation sites (tertiary alicyclic amines) is 1. The lowest BCUT2D eigenvalue weighted by Gasteiger charge is -2.27. The molecular weight excluding hydrogens is 242 g/mol. The molecule has 1 fully saturated rings. The highest BCUT2D eigenvalue weighted by molar-refractivity contribution is 5.95. The number of carbonyl (C=O) groups excluding carboxylic acids is 1. The molecule has 1 saturated heterocycles. The first-order valence-corrected chi connectivity index (χ1v) is 6.69. The van der Waals surface area contributed by atoms with Crippen LogP contribution in [0.25, 0.3) is 0 Å². The number of piperidine rings is 1. The highest BCUT2D eigenvalue weighted by atomic mass is 16.5. The Morgan fingerprint density at radius 2 is 1.58 bits per heavy atom. The summed E-state index contributed by atoms with van der Waals surface area (Å²) in [4.78, 5) is 14.4. The first-order chi connectivity index (χ1) is 9.17. The Balaban J connectivity index is 2.30. The van der Waals surface area contributed by atoms with Crippen LogP contribution >= 0.6 is 0 Å². The van der Waals surface area contributed by atoms with Gasteiger partial charge in [-0.05, 0) is 38.3 Å². The summed E-state index contributed by atoms with van der Waals surface area (Å²) >= 11 is 0. The largest absolute Gasteiger partial charge is 0.496 e. The van der Waals surface area contributed by atoms with Crippen molar-refractivity contribution in [3.8, 4) is 11.5 Å². The molecule has 0 bridgehead atoms. The monoisotopic (exact) mass is 263 g/mol. The molecule has 104 valence electrons. The van der Waals surface area contributed by atoms with Crippen molar-refractivity contribution in [2.75, 3.05) is 27.3 Å². The van der Waals surface area contributed by atoms with Crippen LogP contribution in [-0.2, 0) is 0 Å². The zero-order valence-electron chi connectivity index (χ0n) is 11.9. The molecule has 0 aliphatic carbocycles. The van der Waals surface area contributed by atoms with E-state index in [2.05, 4.69) is 0 Å². The van der Waals surface area contributed by atoms with Gasteiger partial charge in [-0.3, -0.25) is 4.79 Å². The van der Waals surface area contributed by atoms with E-state index in [0.29, 0.717) is 17.1 Å². The summed E-state index contributed by atoms with van der Waals surface area (Å²) in [6.07, 6.45) is 3.39. The smallest absolute Gasteiger partial charge is 0.254 e. The number of rotatable bonds is 3. The molecular formula is C15H21NO3. The molecule has 1 aliphatic rings. The number of benzene rings is 1. The minimum atomic E-state index is 0.0660. The zero-order valence-corrected chi connectivity index (χ0v) is 11.9. The van der Waals surface area contributed by atoms with Crippen LogP contribution in [0, 0.1) is 6.92 Å². The van der Waals surface area contributed by atoms with Crippen molar-refractivity contribution >= 4 is 5.91 Å². The van der Waals surface area contributed by atoms with Crippen LogP contribution in [0.15, 0.2) is 12.1 Å². The van der Waals surface area contributed by atoms with Crippen molar-refractivity contribution in [3.63, 3.8) is 0 Å². The summed E-state index contributed by atoms with van der Waals surface area (Å²) in [5.74, 6) is 1.45. The van der Waals surface area contributed by atoms with Gasteiger partial charge in [0, 0.05) is 24.2 Å². The van der Waals surface area contributed by atoms with Gasteiger partial charge in [0.1, 0.15) is 11.5 Å². The van der Waals surface area contributed by atoms with Crippen LogP contribution < -0.4 is 9.47 Å². The lowest BCUT2D eigenvalue weighted by atomic mass is 10.1. The SMILES string of the molecule is COc1cc(C(=O)N2CCCCC2)cc(OC)c1C. The molecule has 0 radical (unpaired) electrons. The summed E-state index contributed by atoms with van der Waals surface area (Å²) in [5, 5.41) is 0. The number of ether oxygens (including phenoxy) is 2. The van der Waals surface area contributed by atoms with Gasteiger partial charge in [-0.15, -0.1) is 0 Å². The fraction of sp³-hybridized carbons (Fsp3) is 0.533. The van der Waals surface area contributed by atoms with Gasteiger partial charge >= 0.3 is 0 Å². The van der Waals surface area contributed by atoms with Crippen LogP contribution in [0.5, 0.6) is 11.5 Å². The number of carbonyl (C=O) groups is 1. The third-order valence-corrected chi connectivity index (χ3v) is 3.64. The van der Waals surface area contributed by atoms with Gasteiger partial charge in [-0.2, -0.15) is 0 Å². The highest BCUT2D eigenvalue weighted by Gasteiger charge is 2.20. The Morgan fingerprint density at radius 1 is 1.05 bits per heavy atom. The van der Waals surface area contributed by atoms with Gasteiger partial charge < -0.3 is 14.4 Å². The minimum Gasteiger partial charge on any atom is -0.496 e. The van der Waals surface area contributed by atoms with E-state index >= 15 is 0 Å². The Hall–Kier alpha value is -1.71. The molecule has 4 heteroatoms. The molecule has 1 aromatic carbocycles. The van der Waals surface area contributed by atoms with Crippen molar-refractivity contribution in [1.29, 1.82) is 0 Å². The molecule has 1 heterocycles. The summed E-state index contributed by atoms with van der Waals surface area (Å²) in [6.45, 7) is 3.61. The van der Waals surface area contributed by atoms with Crippen LogP contribution in [0.3, 0.4) is 0 Å². The summed E-state index contributed by atoms with van der Waals surface area (Å²) in [5.41, 5.74) is 1.56. The lowest BCUT2D eigenvalue weighted by Crippen LogP contribution is -2.35. The summed E-state index contributed by atoms with van der Waals surface area (Å²) in [6, 6.07) is 3.60. The first kappa shape index (κ1) is 13.7. The average Bonchev–Trinajstić information content (AvgIpc) is 2.47. The standard InChI is InChI=1S/C15H21NO3/c1-11-13(18-2)9-12(10-14(11)19-3)15(17)16-7-5-4-6-8-16/h9-10H,4-8H2,1-3H3. The van der Waals surface area contributed by atoms with Crippen molar-refractivity contribution in [3.05, 3.63) is 23.3 Å². The van der Waals surface area contributed by atoms with Gasteiger partial charge in [0.15, 0.2) is 0 Å². The maximum Gasteiger partial charge on any atom is 0.254 e. The predicted molar refractivity (Wildman–Crippen MR) is 74.0 cm³/mol. The molecule has 2 rings (SSSR count). The van der Waals surface area contributed by atoms with Gasteiger partial charge in [-0.25, -0.2) is 0 Å². The minimum absolute atomic E-state index is 0.0660. The quantitative estimate of drug-likeness (QED) is 0.841. The number of nitrogens with zero attached hydrogens (tertiary/aromatic N) is 1.